The van der Waals surface area contributed by atoms with Gasteiger partial charge in [-0.15, -0.1) is 0 Å². The first kappa shape index (κ1) is 17.3. The summed E-state index contributed by atoms with van der Waals surface area (Å²) in [7, 11) is 0. The number of nitrogens with zero attached hydrogens (tertiary/aromatic N) is 1. The highest BCUT2D eigenvalue weighted by molar-refractivity contribution is 5.79. The first-order chi connectivity index (χ1) is 11.6. The summed E-state index contributed by atoms with van der Waals surface area (Å²) in [6.45, 7) is 2.07. The Hall–Kier alpha value is -1.49. The number of nitrogens with one attached hydrogen (secondary N) is 1. The summed E-state index contributed by atoms with van der Waals surface area (Å²) in [5, 5.41) is 3.07. The first-order valence-electron chi connectivity index (χ1n) is 9.11. The van der Waals surface area contributed by atoms with Crippen molar-refractivity contribution in [3.63, 3.8) is 0 Å². The van der Waals surface area contributed by atoms with Gasteiger partial charge >= 0.3 is 0 Å². The van der Waals surface area contributed by atoms with Crippen LogP contribution in [0.15, 0.2) is 18.2 Å². The van der Waals surface area contributed by atoms with Crippen molar-refractivity contribution in [3.8, 4) is 0 Å². The van der Waals surface area contributed by atoms with E-state index >= 15 is 0 Å². The van der Waals surface area contributed by atoms with Crippen LogP contribution < -0.4 is 5.32 Å². The number of benzene rings is 1. The molecule has 2 atom stereocenters. The topological polar surface area (TPSA) is 32.3 Å². The lowest BCUT2D eigenvalue weighted by Crippen LogP contribution is -2.44. The van der Waals surface area contributed by atoms with E-state index in [1.807, 2.05) is 0 Å². The van der Waals surface area contributed by atoms with E-state index in [0.29, 0.717) is 12.1 Å². The van der Waals surface area contributed by atoms with Gasteiger partial charge in [0, 0.05) is 30.8 Å². The van der Waals surface area contributed by atoms with Gasteiger partial charge in [-0.05, 0) is 38.3 Å². The molecule has 3 nitrogen and oxygen atoms in total. The fourth-order valence-electron chi connectivity index (χ4n) is 4.05. The zero-order valence-corrected chi connectivity index (χ0v) is 14.1. The van der Waals surface area contributed by atoms with Crippen molar-refractivity contribution in [2.24, 2.45) is 5.92 Å². The maximum atomic E-state index is 14.1. The SMILES string of the molecule is O=C1NCCCCCCN(Cc2ccc(F)cc2F)C2CCCC12. The number of fused-ring (bicyclic) bond motifs is 1. The molecule has 1 N–H and O–H groups in total. The molecule has 1 aliphatic heterocycles. The molecule has 1 saturated carbocycles. The number of carbonyl (C=O) groups excluding carboxylic acids is 1. The Morgan fingerprint density at radius 1 is 1.08 bits per heavy atom. The average molecular weight is 336 g/mol. The zero-order valence-electron chi connectivity index (χ0n) is 14.1. The van der Waals surface area contributed by atoms with Crippen LogP contribution in [-0.2, 0) is 11.3 Å². The lowest BCUT2D eigenvalue weighted by molar-refractivity contribution is -0.126. The van der Waals surface area contributed by atoms with Crippen molar-refractivity contribution < 1.29 is 13.6 Å². The Morgan fingerprint density at radius 3 is 2.75 bits per heavy atom. The summed E-state index contributed by atoms with van der Waals surface area (Å²) in [6.07, 6.45) is 7.21. The lowest BCUT2D eigenvalue weighted by Gasteiger charge is -2.32. The maximum Gasteiger partial charge on any atom is 0.224 e. The summed E-state index contributed by atoms with van der Waals surface area (Å²) in [5.41, 5.74) is 0.511. The molecule has 0 aromatic heterocycles. The summed E-state index contributed by atoms with van der Waals surface area (Å²) in [5.74, 6) is -0.911. The minimum absolute atomic E-state index is 0.00777. The summed E-state index contributed by atoms with van der Waals surface area (Å²) in [6, 6.07) is 3.94. The second kappa shape index (κ2) is 8.06. The maximum absolute atomic E-state index is 14.1. The predicted molar refractivity (Wildman–Crippen MR) is 89.4 cm³/mol. The number of carbonyl (C=O) groups is 1. The van der Waals surface area contributed by atoms with Crippen LogP contribution in [0.3, 0.4) is 0 Å². The fourth-order valence-corrected chi connectivity index (χ4v) is 4.05. The monoisotopic (exact) mass is 336 g/mol. The van der Waals surface area contributed by atoms with Gasteiger partial charge in [0.05, 0.1) is 5.92 Å². The molecule has 0 bridgehead atoms. The molecule has 2 aliphatic rings. The molecule has 132 valence electrons. The van der Waals surface area contributed by atoms with Crippen LogP contribution in [0.4, 0.5) is 8.78 Å². The van der Waals surface area contributed by atoms with E-state index in [0.717, 1.165) is 64.1 Å². The molecule has 1 aromatic rings. The van der Waals surface area contributed by atoms with Crippen molar-refractivity contribution in [3.05, 3.63) is 35.4 Å². The Balaban J connectivity index is 1.79. The molecule has 1 aromatic carbocycles. The molecule has 1 amide bonds. The molecular formula is C19H26F2N2O. The summed E-state index contributed by atoms with van der Waals surface area (Å²) < 4.78 is 27.2. The summed E-state index contributed by atoms with van der Waals surface area (Å²) in [4.78, 5) is 14.7. The van der Waals surface area contributed by atoms with Gasteiger partial charge in [-0.3, -0.25) is 9.69 Å². The van der Waals surface area contributed by atoms with Gasteiger partial charge < -0.3 is 5.32 Å². The third kappa shape index (κ3) is 4.12. The average Bonchev–Trinajstić information content (AvgIpc) is 3.03. The fraction of sp³-hybridized carbons (Fsp3) is 0.632. The predicted octanol–water partition coefficient (Wildman–Crippen LogP) is 3.63. The van der Waals surface area contributed by atoms with Crippen LogP contribution in [0, 0.1) is 17.6 Å². The van der Waals surface area contributed by atoms with Gasteiger partial charge in [0.2, 0.25) is 5.91 Å². The zero-order chi connectivity index (χ0) is 16.9. The lowest BCUT2D eigenvalue weighted by atomic mass is 9.99. The molecule has 3 rings (SSSR count). The Morgan fingerprint density at radius 2 is 1.92 bits per heavy atom. The van der Waals surface area contributed by atoms with Crippen LogP contribution in [0.5, 0.6) is 0 Å². The van der Waals surface area contributed by atoms with Crippen molar-refractivity contribution in [1.29, 1.82) is 0 Å². The van der Waals surface area contributed by atoms with Gasteiger partial charge in [-0.25, -0.2) is 8.78 Å². The van der Waals surface area contributed by atoms with Crippen molar-refractivity contribution in [1.82, 2.24) is 10.2 Å². The van der Waals surface area contributed by atoms with E-state index in [2.05, 4.69) is 10.2 Å². The molecule has 24 heavy (non-hydrogen) atoms. The second-order valence-corrected chi connectivity index (χ2v) is 7.02. The van der Waals surface area contributed by atoms with E-state index in [-0.39, 0.29) is 17.9 Å². The highest BCUT2D eigenvalue weighted by atomic mass is 19.1. The minimum Gasteiger partial charge on any atom is -0.356 e. The smallest absolute Gasteiger partial charge is 0.224 e. The standard InChI is InChI=1S/C19H26F2N2O/c20-15-9-8-14(17(21)12-15)13-23-11-4-2-1-3-10-22-19(24)16-6-5-7-18(16)23/h8-9,12,16,18H,1-7,10-11,13H2,(H,22,24). The highest BCUT2D eigenvalue weighted by Gasteiger charge is 2.36. The van der Waals surface area contributed by atoms with Crippen LogP contribution >= 0.6 is 0 Å². The van der Waals surface area contributed by atoms with Gasteiger partial charge in [-0.1, -0.05) is 25.3 Å². The molecule has 1 heterocycles. The molecular weight excluding hydrogens is 310 g/mol. The minimum atomic E-state index is -0.549. The van der Waals surface area contributed by atoms with Crippen molar-refractivity contribution >= 4 is 5.91 Å². The third-order valence-electron chi connectivity index (χ3n) is 5.35. The van der Waals surface area contributed by atoms with Crippen LogP contribution in [0.1, 0.15) is 50.5 Å². The van der Waals surface area contributed by atoms with Gasteiger partial charge in [0.1, 0.15) is 11.6 Å². The van der Waals surface area contributed by atoms with Crippen LogP contribution in [-0.4, -0.2) is 29.9 Å². The van der Waals surface area contributed by atoms with Crippen molar-refractivity contribution in [2.45, 2.75) is 57.5 Å². The van der Waals surface area contributed by atoms with Crippen LogP contribution in [0.2, 0.25) is 0 Å². The van der Waals surface area contributed by atoms with Gasteiger partial charge in [0.15, 0.2) is 0 Å². The quantitative estimate of drug-likeness (QED) is 0.894. The van der Waals surface area contributed by atoms with Gasteiger partial charge in [0.25, 0.3) is 0 Å². The second-order valence-electron chi connectivity index (χ2n) is 7.02. The molecule has 0 spiro atoms. The Kier molecular flexibility index (Phi) is 5.82. The van der Waals surface area contributed by atoms with Gasteiger partial charge in [-0.2, -0.15) is 0 Å². The number of halogens is 2. The number of hydrogen-bond acceptors (Lipinski definition) is 2. The highest BCUT2D eigenvalue weighted by Crippen LogP contribution is 2.32. The Labute approximate surface area is 142 Å². The third-order valence-corrected chi connectivity index (χ3v) is 5.35. The molecule has 1 saturated heterocycles. The Bertz CT molecular complexity index is 578. The van der Waals surface area contributed by atoms with Crippen LogP contribution in [0.25, 0.3) is 0 Å². The molecule has 0 radical (unpaired) electrons. The van der Waals surface area contributed by atoms with Crippen molar-refractivity contribution in [2.75, 3.05) is 13.1 Å². The molecule has 2 fully saturated rings. The van der Waals surface area contributed by atoms with E-state index < -0.39 is 11.6 Å². The van der Waals surface area contributed by atoms with E-state index in [1.54, 1.807) is 0 Å². The van der Waals surface area contributed by atoms with E-state index in [1.165, 1.54) is 12.1 Å². The number of amides is 1. The summed E-state index contributed by atoms with van der Waals surface area (Å²) >= 11 is 0. The number of rotatable bonds is 2. The molecule has 1 aliphatic carbocycles. The normalized spacial score (nSPS) is 26.5. The van der Waals surface area contributed by atoms with E-state index in [9.17, 15) is 13.6 Å². The first-order valence-corrected chi connectivity index (χ1v) is 9.11. The van der Waals surface area contributed by atoms with E-state index in [4.69, 9.17) is 0 Å². The largest absolute Gasteiger partial charge is 0.356 e. The number of hydrogen-bond donors (Lipinski definition) is 1. The molecule has 5 heteroatoms. The molecule has 2 unspecified atom stereocenters.